The molecule has 0 aliphatic carbocycles. The Morgan fingerprint density at radius 3 is 2.40 bits per heavy atom. The van der Waals surface area contributed by atoms with Crippen LogP contribution < -0.4 is 0 Å². The molecular weight excluding hydrogens is 190 g/mol. The molecule has 1 heterocycles. The molecule has 0 bridgehead atoms. The second-order valence-corrected chi connectivity index (χ2v) is 5.59. The maximum Gasteiger partial charge on any atom is 0.163 e. The van der Waals surface area contributed by atoms with Gasteiger partial charge in [-0.3, -0.25) is 3.35 Å². The van der Waals surface area contributed by atoms with Crippen LogP contribution in [-0.4, -0.2) is 29.3 Å². The summed E-state index contributed by atoms with van der Waals surface area (Å²) in [6, 6.07) is -0.116. The first-order valence-electron chi connectivity index (χ1n) is 2.85. The van der Waals surface area contributed by atoms with E-state index >= 15 is 0 Å². The Kier molecular flexibility index (Phi) is 2.21. The molecule has 0 spiro atoms. The molecule has 0 radical (unpaired) electrons. The number of sulfone groups is 1. The van der Waals surface area contributed by atoms with Crippen LogP contribution in [0.15, 0.2) is 0 Å². The molecule has 0 unspecified atom stereocenters. The summed E-state index contributed by atoms with van der Waals surface area (Å²) in [5.41, 5.74) is 0. The summed E-state index contributed by atoms with van der Waals surface area (Å²) in [6.07, 6.45) is 0.593. The summed E-state index contributed by atoms with van der Waals surface area (Å²) in [6.45, 7) is 0. The van der Waals surface area contributed by atoms with E-state index in [-0.39, 0.29) is 17.5 Å². The SMILES string of the molecule is O=S1(=O)CC[C@@H]([N+](=S)[S-])C1. The zero-order chi connectivity index (χ0) is 7.78. The van der Waals surface area contributed by atoms with Crippen molar-refractivity contribution in [2.75, 3.05) is 11.5 Å². The highest BCUT2D eigenvalue weighted by Gasteiger charge is 2.32. The van der Waals surface area contributed by atoms with Crippen molar-refractivity contribution in [2.45, 2.75) is 12.5 Å². The molecule has 6 heteroatoms. The average Bonchev–Trinajstić information content (AvgIpc) is 2.10. The molecule has 58 valence electrons. The van der Waals surface area contributed by atoms with Gasteiger partial charge in [-0.2, -0.15) is 0 Å². The van der Waals surface area contributed by atoms with Crippen LogP contribution in [0.25, 0.3) is 0 Å². The van der Waals surface area contributed by atoms with Gasteiger partial charge < -0.3 is 0 Å². The minimum Gasteiger partial charge on any atom is -0.258 e. The van der Waals surface area contributed by atoms with E-state index in [1.54, 1.807) is 0 Å². The first-order valence-corrected chi connectivity index (χ1v) is 5.40. The topological polar surface area (TPSA) is 37.1 Å². The molecule has 0 aromatic carbocycles. The lowest BCUT2D eigenvalue weighted by Crippen LogP contribution is -2.20. The molecule has 0 aromatic rings. The van der Waals surface area contributed by atoms with Gasteiger partial charge in [0.15, 0.2) is 15.9 Å². The largest absolute Gasteiger partial charge is 0.258 e. The molecule has 1 atom stereocenters. The normalized spacial score (nSPS) is 30.2. The highest BCUT2D eigenvalue weighted by molar-refractivity contribution is 7.91. The van der Waals surface area contributed by atoms with Crippen LogP contribution in [-0.2, 0) is 35.1 Å². The number of hydrogen-bond acceptors (Lipinski definition) is 4. The first kappa shape index (κ1) is 8.29. The van der Waals surface area contributed by atoms with E-state index in [1.165, 1.54) is 0 Å². The summed E-state index contributed by atoms with van der Waals surface area (Å²) in [5.74, 6) is 0.376. The molecule has 0 amide bonds. The van der Waals surface area contributed by atoms with Gasteiger partial charge in [0.2, 0.25) is 0 Å². The third kappa shape index (κ3) is 1.83. The Morgan fingerprint density at radius 1 is 1.60 bits per heavy atom. The summed E-state index contributed by atoms with van der Waals surface area (Å²) in [7, 11) is -2.82. The van der Waals surface area contributed by atoms with E-state index in [9.17, 15) is 8.42 Å². The molecule has 1 fully saturated rings. The predicted octanol–water partition coefficient (Wildman–Crippen LogP) is -0.622. The van der Waals surface area contributed by atoms with Gasteiger partial charge in [0, 0.05) is 6.42 Å². The lowest BCUT2D eigenvalue weighted by molar-refractivity contribution is -0.356. The first-order chi connectivity index (χ1) is 4.51. The molecule has 1 aliphatic heterocycles. The highest BCUT2D eigenvalue weighted by Crippen LogP contribution is 2.13. The van der Waals surface area contributed by atoms with E-state index < -0.39 is 9.84 Å². The zero-order valence-corrected chi connectivity index (χ0v) is 7.64. The van der Waals surface area contributed by atoms with E-state index in [1.807, 2.05) is 0 Å². The fourth-order valence-electron chi connectivity index (χ4n) is 0.942. The van der Waals surface area contributed by atoms with Gasteiger partial charge in [0.25, 0.3) is 0 Å². The van der Waals surface area contributed by atoms with Crippen molar-refractivity contribution in [3.63, 3.8) is 0 Å². The van der Waals surface area contributed by atoms with Crippen LogP contribution in [0.2, 0.25) is 0 Å². The third-order valence-corrected chi connectivity index (χ3v) is 3.85. The van der Waals surface area contributed by atoms with Crippen LogP contribution in [0.1, 0.15) is 6.42 Å². The fourth-order valence-corrected chi connectivity index (χ4v) is 3.19. The van der Waals surface area contributed by atoms with Crippen LogP contribution >= 0.6 is 0 Å². The van der Waals surface area contributed by atoms with Gasteiger partial charge in [-0.05, 0) is 0 Å². The number of nitrogens with zero attached hydrogens (tertiary/aromatic N) is 1. The number of rotatable bonds is 1. The van der Waals surface area contributed by atoms with Crippen molar-refractivity contribution in [3.8, 4) is 0 Å². The van der Waals surface area contributed by atoms with Crippen molar-refractivity contribution in [1.82, 2.24) is 0 Å². The van der Waals surface area contributed by atoms with Crippen LogP contribution in [0, 0.1) is 0 Å². The minimum atomic E-state index is -2.82. The molecule has 1 aliphatic rings. The van der Waals surface area contributed by atoms with Crippen LogP contribution in [0.3, 0.4) is 0 Å². The van der Waals surface area contributed by atoms with Gasteiger partial charge >= 0.3 is 0 Å². The second-order valence-electron chi connectivity index (χ2n) is 2.34. The summed E-state index contributed by atoms with van der Waals surface area (Å²) >= 11 is 9.25. The summed E-state index contributed by atoms with van der Waals surface area (Å²) in [4.78, 5) is 0. The van der Waals surface area contributed by atoms with Gasteiger partial charge in [-0.1, -0.05) is 25.2 Å². The maximum absolute atomic E-state index is 10.8. The van der Waals surface area contributed by atoms with Gasteiger partial charge in [-0.25, -0.2) is 8.42 Å². The van der Waals surface area contributed by atoms with Crippen molar-refractivity contribution < 1.29 is 11.8 Å². The van der Waals surface area contributed by atoms with Crippen molar-refractivity contribution in [3.05, 3.63) is 0 Å². The molecular formula is C4H7NO2S3. The number of hydrogen-bond donors (Lipinski definition) is 0. The molecule has 0 aromatic heterocycles. The molecule has 0 N–H and O–H groups in total. The molecule has 10 heavy (non-hydrogen) atoms. The van der Waals surface area contributed by atoms with Gasteiger partial charge in [-0.15, -0.1) is 0 Å². The Morgan fingerprint density at radius 2 is 2.20 bits per heavy atom. The molecule has 1 rings (SSSR count). The Labute approximate surface area is 71.0 Å². The van der Waals surface area contributed by atoms with E-state index in [0.29, 0.717) is 6.42 Å². The minimum absolute atomic E-state index is 0.116. The fraction of sp³-hybridized carbons (Fsp3) is 1.00. The lowest BCUT2D eigenvalue weighted by atomic mass is 10.3. The van der Waals surface area contributed by atoms with Gasteiger partial charge in [0.05, 0.1) is 5.75 Å². The lowest BCUT2D eigenvalue weighted by Gasteiger charge is -2.02. The monoisotopic (exact) mass is 197 g/mol. The van der Waals surface area contributed by atoms with Crippen LogP contribution in [0.4, 0.5) is 0 Å². The van der Waals surface area contributed by atoms with Crippen molar-refractivity contribution >= 4 is 35.1 Å². The van der Waals surface area contributed by atoms with Gasteiger partial charge in [0.1, 0.15) is 5.75 Å². The quantitative estimate of drug-likeness (QED) is 0.415. The van der Waals surface area contributed by atoms with E-state index in [2.05, 4.69) is 25.2 Å². The van der Waals surface area contributed by atoms with Crippen molar-refractivity contribution in [1.29, 1.82) is 0 Å². The Balaban J connectivity index is 2.69. The standard InChI is InChI=1S/C4H7NO2S3/c6-10(7)2-1-4(3-10)5(8)9/h4H,1-3H2/t4-/m1/s1. The third-order valence-electron chi connectivity index (χ3n) is 1.51. The van der Waals surface area contributed by atoms with E-state index in [0.717, 1.165) is 3.35 Å². The zero-order valence-electron chi connectivity index (χ0n) is 5.19. The smallest absolute Gasteiger partial charge is 0.163 e. The Bertz CT molecular complexity index is 245. The van der Waals surface area contributed by atoms with Crippen LogP contribution in [0.5, 0.6) is 0 Å². The highest BCUT2D eigenvalue weighted by atomic mass is 32.2. The van der Waals surface area contributed by atoms with Crippen molar-refractivity contribution in [2.24, 2.45) is 0 Å². The Hall–Kier alpha value is 0.190. The molecule has 3 nitrogen and oxygen atoms in total. The summed E-state index contributed by atoms with van der Waals surface area (Å²) in [5, 5.41) is 0. The summed E-state index contributed by atoms with van der Waals surface area (Å²) < 4.78 is 22.8. The average molecular weight is 197 g/mol. The maximum atomic E-state index is 10.8. The second kappa shape index (κ2) is 2.67. The molecule has 1 saturated heterocycles. The van der Waals surface area contributed by atoms with E-state index in [4.69, 9.17) is 0 Å². The predicted molar refractivity (Wildman–Crippen MR) is 42.0 cm³/mol. The molecule has 0 saturated carbocycles.